The van der Waals surface area contributed by atoms with Crippen LogP contribution in [0.3, 0.4) is 0 Å². The smallest absolute Gasteiger partial charge is 0.182 e. The quantitative estimate of drug-likeness (QED) is 0.433. The second-order valence-corrected chi connectivity index (χ2v) is 8.03. The number of nitrogens with zero attached hydrogens (tertiary/aromatic N) is 2. The molecule has 0 aliphatic carbocycles. The van der Waals surface area contributed by atoms with Crippen molar-refractivity contribution in [2.75, 3.05) is 24.3 Å². The number of para-hydroxylation sites is 2. The van der Waals surface area contributed by atoms with Crippen LogP contribution in [-0.4, -0.2) is 28.4 Å². The van der Waals surface area contributed by atoms with Crippen molar-refractivity contribution in [3.8, 4) is 11.5 Å². The average Bonchev–Trinajstić information content (AvgIpc) is 2.79. The van der Waals surface area contributed by atoms with Crippen molar-refractivity contribution in [2.24, 2.45) is 0 Å². The van der Waals surface area contributed by atoms with Gasteiger partial charge in [0.1, 0.15) is 11.5 Å². The number of aryl methyl sites for hydroxylation is 1. The molecule has 1 aromatic heterocycles. The fraction of sp³-hybridized carbons (Fsp3) is 0.130. The lowest BCUT2D eigenvalue weighted by molar-refractivity contribution is 0.395. The first-order valence-corrected chi connectivity index (χ1v) is 10.7. The van der Waals surface area contributed by atoms with E-state index in [1.807, 2.05) is 67.6 Å². The third-order valence-corrected chi connectivity index (χ3v) is 5.69. The van der Waals surface area contributed by atoms with E-state index in [9.17, 15) is 4.21 Å². The van der Waals surface area contributed by atoms with Gasteiger partial charge in [-0.3, -0.25) is 4.72 Å². The number of aromatic nitrogens is 2. The molecule has 158 valence electrons. The molecule has 0 aliphatic rings. The maximum Gasteiger partial charge on any atom is 0.182 e. The van der Waals surface area contributed by atoms with E-state index in [2.05, 4.69) is 15.0 Å². The summed E-state index contributed by atoms with van der Waals surface area (Å²) in [7, 11) is 1.67. The summed E-state index contributed by atoms with van der Waals surface area (Å²) in [4.78, 5) is 9.99. The summed E-state index contributed by atoms with van der Waals surface area (Å²) in [6.45, 7) is 1.99. The summed E-state index contributed by atoms with van der Waals surface area (Å²) in [5.74, 6) is 2.08. The Morgan fingerprint density at radius 3 is 1.97 bits per heavy atom. The van der Waals surface area contributed by atoms with E-state index in [0.29, 0.717) is 44.8 Å². The van der Waals surface area contributed by atoms with Crippen molar-refractivity contribution in [3.05, 3.63) is 72.3 Å². The summed E-state index contributed by atoms with van der Waals surface area (Å²) in [6, 6.07) is 20.4. The van der Waals surface area contributed by atoms with Crippen molar-refractivity contribution in [2.45, 2.75) is 11.8 Å². The van der Waals surface area contributed by atoms with Crippen molar-refractivity contribution in [3.63, 3.8) is 0 Å². The van der Waals surface area contributed by atoms with Gasteiger partial charge in [0, 0.05) is 23.9 Å². The van der Waals surface area contributed by atoms with E-state index in [0.717, 1.165) is 5.56 Å². The van der Waals surface area contributed by atoms with Crippen molar-refractivity contribution < 1.29 is 13.7 Å². The number of methoxy groups -OCH3 is 2. The van der Waals surface area contributed by atoms with Crippen LogP contribution in [0.2, 0.25) is 0 Å². The monoisotopic (exact) mass is 434 g/mol. The van der Waals surface area contributed by atoms with Crippen LogP contribution in [0.1, 0.15) is 5.56 Å². The molecule has 4 aromatic rings. The van der Waals surface area contributed by atoms with Crippen LogP contribution in [0.25, 0.3) is 11.0 Å². The average molecular weight is 435 g/mol. The van der Waals surface area contributed by atoms with Gasteiger partial charge in [-0.15, -0.1) is 0 Å². The lowest BCUT2D eigenvalue weighted by atomic mass is 10.2. The van der Waals surface area contributed by atoms with Gasteiger partial charge in [0.2, 0.25) is 0 Å². The number of fused-ring (bicyclic) bond motifs is 1. The van der Waals surface area contributed by atoms with E-state index in [1.165, 1.54) is 0 Å². The Labute approximate surface area is 183 Å². The van der Waals surface area contributed by atoms with Gasteiger partial charge < -0.3 is 14.8 Å². The molecule has 0 saturated carbocycles. The summed E-state index contributed by atoms with van der Waals surface area (Å²) in [6.07, 6.45) is 0. The topological polar surface area (TPSA) is 85.4 Å². The molecular weight excluding hydrogens is 412 g/mol. The Hall–Kier alpha value is -3.65. The number of rotatable bonds is 7. The van der Waals surface area contributed by atoms with Crippen molar-refractivity contribution in [1.29, 1.82) is 0 Å². The van der Waals surface area contributed by atoms with Crippen LogP contribution in [0.4, 0.5) is 17.3 Å². The molecule has 0 saturated heterocycles. The van der Waals surface area contributed by atoms with Gasteiger partial charge in [-0.05, 0) is 31.2 Å². The molecule has 1 atom stereocenters. The van der Waals surface area contributed by atoms with Crippen LogP contribution in [-0.2, 0) is 11.0 Å². The number of benzene rings is 3. The van der Waals surface area contributed by atoms with Gasteiger partial charge in [-0.25, -0.2) is 14.2 Å². The SMILES string of the molecule is COc1cc(Nc2nc3ccccc3nc2NS(=O)c2ccc(C)cc2)cc(OC)c1. The molecule has 2 N–H and O–H groups in total. The zero-order valence-corrected chi connectivity index (χ0v) is 18.2. The van der Waals surface area contributed by atoms with Gasteiger partial charge >= 0.3 is 0 Å². The Bertz CT molecular complexity index is 1220. The molecule has 0 amide bonds. The highest BCUT2D eigenvalue weighted by Gasteiger charge is 2.14. The normalized spacial score (nSPS) is 11.7. The minimum atomic E-state index is -1.51. The number of ether oxygens (including phenoxy) is 2. The summed E-state index contributed by atoms with van der Waals surface area (Å²) < 4.78 is 26.6. The Kier molecular flexibility index (Phi) is 5.99. The minimum Gasteiger partial charge on any atom is -0.497 e. The number of anilines is 3. The molecule has 1 heterocycles. The highest BCUT2D eigenvalue weighted by Crippen LogP contribution is 2.31. The van der Waals surface area contributed by atoms with E-state index in [1.54, 1.807) is 20.3 Å². The van der Waals surface area contributed by atoms with Crippen LogP contribution in [0.5, 0.6) is 11.5 Å². The largest absolute Gasteiger partial charge is 0.497 e. The van der Waals surface area contributed by atoms with Gasteiger partial charge in [-0.1, -0.05) is 29.8 Å². The maximum atomic E-state index is 12.9. The van der Waals surface area contributed by atoms with Gasteiger partial charge in [0.15, 0.2) is 22.6 Å². The Morgan fingerprint density at radius 1 is 0.806 bits per heavy atom. The first kappa shape index (κ1) is 20.6. The summed E-state index contributed by atoms with van der Waals surface area (Å²) in [5, 5.41) is 3.25. The zero-order chi connectivity index (χ0) is 21.8. The maximum absolute atomic E-state index is 12.9. The molecule has 4 rings (SSSR count). The number of nitrogens with one attached hydrogen (secondary N) is 2. The van der Waals surface area contributed by atoms with Gasteiger partial charge in [-0.2, -0.15) is 0 Å². The van der Waals surface area contributed by atoms with E-state index >= 15 is 0 Å². The predicted molar refractivity (Wildman–Crippen MR) is 124 cm³/mol. The molecule has 0 radical (unpaired) electrons. The molecule has 31 heavy (non-hydrogen) atoms. The fourth-order valence-corrected chi connectivity index (χ4v) is 3.80. The molecule has 0 aliphatic heterocycles. The van der Waals surface area contributed by atoms with Crippen LogP contribution >= 0.6 is 0 Å². The fourth-order valence-electron chi connectivity index (χ4n) is 2.98. The van der Waals surface area contributed by atoms with E-state index < -0.39 is 11.0 Å². The van der Waals surface area contributed by atoms with E-state index in [4.69, 9.17) is 14.5 Å². The first-order valence-electron chi connectivity index (χ1n) is 9.57. The van der Waals surface area contributed by atoms with Crippen molar-refractivity contribution >= 4 is 39.3 Å². The molecule has 3 aromatic carbocycles. The van der Waals surface area contributed by atoms with E-state index in [-0.39, 0.29) is 0 Å². The minimum absolute atomic E-state index is 0.374. The zero-order valence-electron chi connectivity index (χ0n) is 17.4. The van der Waals surface area contributed by atoms with Crippen molar-refractivity contribution in [1.82, 2.24) is 9.97 Å². The molecule has 0 bridgehead atoms. The highest BCUT2D eigenvalue weighted by atomic mass is 32.2. The number of hydrogen-bond donors (Lipinski definition) is 2. The Morgan fingerprint density at radius 2 is 1.39 bits per heavy atom. The molecule has 1 unspecified atom stereocenters. The van der Waals surface area contributed by atoms with Crippen LogP contribution in [0, 0.1) is 6.92 Å². The third-order valence-electron chi connectivity index (χ3n) is 4.61. The third kappa shape index (κ3) is 4.75. The summed E-state index contributed by atoms with van der Waals surface area (Å²) in [5.41, 5.74) is 3.21. The second-order valence-electron chi connectivity index (χ2n) is 6.82. The lowest BCUT2D eigenvalue weighted by Crippen LogP contribution is -2.10. The second kappa shape index (κ2) is 9.01. The van der Waals surface area contributed by atoms with Gasteiger partial charge in [0.05, 0.1) is 30.1 Å². The number of hydrogen-bond acceptors (Lipinski definition) is 6. The highest BCUT2D eigenvalue weighted by molar-refractivity contribution is 7.86. The molecular formula is C23H22N4O3S. The summed E-state index contributed by atoms with van der Waals surface area (Å²) >= 11 is 0. The van der Waals surface area contributed by atoms with Crippen LogP contribution in [0.15, 0.2) is 71.6 Å². The van der Waals surface area contributed by atoms with Crippen LogP contribution < -0.4 is 19.5 Å². The Balaban J connectivity index is 1.73. The van der Waals surface area contributed by atoms with Gasteiger partial charge in [0.25, 0.3) is 0 Å². The molecule has 7 nitrogen and oxygen atoms in total. The molecule has 0 fully saturated rings. The first-order chi connectivity index (χ1) is 15.1. The predicted octanol–water partition coefficient (Wildman–Crippen LogP) is 4.83. The standard InChI is InChI=1S/C23H22N4O3S/c1-15-8-10-19(11-9-15)31(28)27-23-22(25-20-6-4-5-7-21(20)26-23)24-16-12-17(29-2)14-18(13-16)30-3/h4-14H,1-3H3,(H,24,25)(H,26,27). The molecule has 0 spiro atoms. The lowest BCUT2D eigenvalue weighted by Gasteiger charge is -2.14. The molecule has 8 heteroatoms.